The Labute approximate surface area is 121 Å². The van der Waals surface area contributed by atoms with Gasteiger partial charge in [-0.1, -0.05) is 0 Å². The molecule has 0 unspecified atom stereocenters. The maximum atomic E-state index is 13.7. The molecule has 7 heteroatoms. The summed E-state index contributed by atoms with van der Waals surface area (Å²) in [5.41, 5.74) is 5.07. The Balaban J connectivity index is 2.11. The van der Waals surface area contributed by atoms with Crippen molar-refractivity contribution in [2.45, 2.75) is 6.42 Å². The van der Waals surface area contributed by atoms with Gasteiger partial charge in [0.25, 0.3) is 5.91 Å². The molecule has 1 fully saturated rings. The minimum absolute atomic E-state index is 0.414. The van der Waals surface area contributed by atoms with Gasteiger partial charge >= 0.3 is 0 Å². The molecule has 116 valence electrons. The lowest BCUT2D eigenvalue weighted by molar-refractivity contribution is 0.0755. The topological polar surface area (TPSA) is 49.6 Å². The van der Waals surface area contributed by atoms with Gasteiger partial charge in [-0.15, -0.1) is 0 Å². The molecule has 0 aliphatic carbocycles. The van der Waals surface area contributed by atoms with Gasteiger partial charge in [0, 0.05) is 32.7 Å². The van der Waals surface area contributed by atoms with E-state index < -0.39 is 28.9 Å². The molecular weight excluding hydrogens is 283 g/mol. The van der Waals surface area contributed by atoms with Crippen molar-refractivity contribution in [3.8, 4) is 0 Å². The zero-order valence-corrected chi connectivity index (χ0v) is 11.6. The van der Waals surface area contributed by atoms with Gasteiger partial charge in [0.1, 0.15) is 0 Å². The summed E-state index contributed by atoms with van der Waals surface area (Å²) in [6.45, 7) is 3.58. The van der Waals surface area contributed by atoms with E-state index >= 15 is 0 Å². The molecule has 0 bridgehead atoms. The maximum Gasteiger partial charge on any atom is 0.256 e. The molecule has 1 aliphatic heterocycles. The number of nitrogens with zero attached hydrogens (tertiary/aromatic N) is 2. The number of hydrogen-bond acceptors (Lipinski definition) is 3. The summed E-state index contributed by atoms with van der Waals surface area (Å²) in [6.07, 6.45) is 0.733. The molecule has 1 aliphatic rings. The Hall–Kier alpha value is -1.60. The molecular formula is C14H18F3N3O. The van der Waals surface area contributed by atoms with Crippen LogP contribution in [-0.4, -0.2) is 55.0 Å². The van der Waals surface area contributed by atoms with Crippen molar-refractivity contribution in [2.24, 2.45) is 5.73 Å². The first-order valence-corrected chi connectivity index (χ1v) is 6.89. The molecule has 2 N–H and O–H groups in total. The first-order valence-electron chi connectivity index (χ1n) is 6.89. The minimum Gasteiger partial charge on any atom is -0.337 e. The quantitative estimate of drug-likeness (QED) is 0.854. The van der Waals surface area contributed by atoms with Crippen molar-refractivity contribution < 1.29 is 18.0 Å². The highest BCUT2D eigenvalue weighted by molar-refractivity contribution is 5.94. The summed E-state index contributed by atoms with van der Waals surface area (Å²) in [7, 11) is 0. The molecule has 0 spiro atoms. The molecule has 1 saturated heterocycles. The Morgan fingerprint density at radius 2 is 1.86 bits per heavy atom. The molecule has 0 aromatic heterocycles. The van der Waals surface area contributed by atoms with Crippen LogP contribution in [-0.2, 0) is 0 Å². The second-order valence-electron chi connectivity index (χ2n) is 5.00. The van der Waals surface area contributed by atoms with E-state index in [1.807, 2.05) is 0 Å². The molecule has 2 rings (SSSR count). The SMILES string of the molecule is NCCN1CCCN(C(=O)c2ccc(F)c(F)c2F)CC1. The molecule has 1 amide bonds. The monoisotopic (exact) mass is 301 g/mol. The van der Waals surface area contributed by atoms with Gasteiger partial charge in [-0.2, -0.15) is 0 Å². The van der Waals surface area contributed by atoms with E-state index in [1.165, 1.54) is 4.90 Å². The molecule has 1 aromatic carbocycles. The molecule has 21 heavy (non-hydrogen) atoms. The van der Waals surface area contributed by atoms with Crippen LogP contribution in [0.1, 0.15) is 16.8 Å². The summed E-state index contributed by atoms with van der Waals surface area (Å²) in [5.74, 6) is -4.95. The smallest absolute Gasteiger partial charge is 0.256 e. The predicted molar refractivity (Wildman–Crippen MR) is 72.3 cm³/mol. The lowest BCUT2D eigenvalue weighted by atomic mass is 10.1. The number of carbonyl (C=O) groups is 1. The van der Waals surface area contributed by atoms with Gasteiger partial charge in [0.2, 0.25) is 0 Å². The zero-order valence-electron chi connectivity index (χ0n) is 11.6. The number of rotatable bonds is 3. The van der Waals surface area contributed by atoms with Crippen molar-refractivity contribution in [2.75, 3.05) is 39.3 Å². The minimum atomic E-state index is -1.61. The van der Waals surface area contributed by atoms with E-state index in [-0.39, 0.29) is 0 Å². The van der Waals surface area contributed by atoms with Gasteiger partial charge < -0.3 is 15.5 Å². The first kappa shape index (κ1) is 15.8. The van der Waals surface area contributed by atoms with Crippen molar-refractivity contribution >= 4 is 5.91 Å². The van der Waals surface area contributed by atoms with E-state index in [9.17, 15) is 18.0 Å². The van der Waals surface area contributed by atoms with Crippen molar-refractivity contribution in [3.05, 3.63) is 35.1 Å². The van der Waals surface area contributed by atoms with E-state index in [0.717, 1.165) is 31.6 Å². The summed E-state index contributed by atoms with van der Waals surface area (Å²) < 4.78 is 39.8. The number of benzene rings is 1. The highest BCUT2D eigenvalue weighted by atomic mass is 19.2. The van der Waals surface area contributed by atoms with Crippen LogP contribution in [0.5, 0.6) is 0 Å². The molecule has 1 heterocycles. The lowest BCUT2D eigenvalue weighted by Crippen LogP contribution is -2.37. The largest absolute Gasteiger partial charge is 0.337 e. The summed E-state index contributed by atoms with van der Waals surface area (Å²) in [6, 6.07) is 1.75. The third-order valence-corrected chi connectivity index (χ3v) is 3.59. The van der Waals surface area contributed by atoms with Crippen LogP contribution in [0.2, 0.25) is 0 Å². The highest BCUT2D eigenvalue weighted by Gasteiger charge is 2.25. The van der Waals surface area contributed by atoms with E-state index in [0.29, 0.717) is 26.2 Å². The number of halogens is 3. The van der Waals surface area contributed by atoms with Crippen LogP contribution in [0.3, 0.4) is 0 Å². The Bertz CT molecular complexity index is 524. The van der Waals surface area contributed by atoms with Crippen molar-refractivity contribution in [3.63, 3.8) is 0 Å². The number of carbonyl (C=O) groups excluding carboxylic acids is 1. The van der Waals surface area contributed by atoms with Gasteiger partial charge in [-0.25, -0.2) is 13.2 Å². The number of hydrogen-bond donors (Lipinski definition) is 1. The average molecular weight is 301 g/mol. The van der Waals surface area contributed by atoms with Gasteiger partial charge in [-0.05, 0) is 25.1 Å². The molecule has 0 atom stereocenters. The standard InChI is InChI=1S/C14H18F3N3O/c15-11-3-2-10(12(16)13(11)17)14(21)20-6-1-5-19(7-4-18)8-9-20/h2-3H,1,4-9,18H2. The Kier molecular flexibility index (Phi) is 5.19. The number of amides is 1. The second kappa shape index (κ2) is 6.91. The summed E-state index contributed by atoms with van der Waals surface area (Å²) in [5, 5.41) is 0. The summed E-state index contributed by atoms with van der Waals surface area (Å²) in [4.78, 5) is 15.8. The lowest BCUT2D eigenvalue weighted by Gasteiger charge is -2.22. The van der Waals surface area contributed by atoms with Crippen LogP contribution in [0, 0.1) is 17.5 Å². The molecule has 0 saturated carbocycles. The maximum absolute atomic E-state index is 13.7. The predicted octanol–water partition coefficient (Wildman–Crippen LogP) is 1.21. The van der Waals surface area contributed by atoms with Crippen LogP contribution in [0.4, 0.5) is 13.2 Å². The second-order valence-corrected chi connectivity index (χ2v) is 5.00. The fraction of sp³-hybridized carbons (Fsp3) is 0.500. The fourth-order valence-electron chi connectivity index (χ4n) is 2.44. The Morgan fingerprint density at radius 3 is 2.57 bits per heavy atom. The summed E-state index contributed by atoms with van der Waals surface area (Å²) >= 11 is 0. The van der Waals surface area contributed by atoms with Crippen molar-refractivity contribution in [1.29, 1.82) is 0 Å². The van der Waals surface area contributed by atoms with Crippen LogP contribution in [0.15, 0.2) is 12.1 Å². The van der Waals surface area contributed by atoms with Crippen LogP contribution < -0.4 is 5.73 Å². The first-order chi connectivity index (χ1) is 10.0. The van der Waals surface area contributed by atoms with Crippen LogP contribution >= 0.6 is 0 Å². The average Bonchev–Trinajstić information content (AvgIpc) is 2.70. The third kappa shape index (κ3) is 3.54. The van der Waals surface area contributed by atoms with Crippen LogP contribution in [0.25, 0.3) is 0 Å². The Morgan fingerprint density at radius 1 is 1.10 bits per heavy atom. The van der Waals surface area contributed by atoms with E-state index in [4.69, 9.17) is 5.73 Å². The van der Waals surface area contributed by atoms with E-state index in [2.05, 4.69) is 4.90 Å². The normalized spacial score (nSPS) is 16.9. The van der Waals surface area contributed by atoms with Gasteiger partial charge in [0.15, 0.2) is 17.5 Å². The molecule has 0 radical (unpaired) electrons. The number of nitrogens with two attached hydrogens (primary N) is 1. The molecule has 4 nitrogen and oxygen atoms in total. The third-order valence-electron chi connectivity index (χ3n) is 3.59. The van der Waals surface area contributed by atoms with E-state index in [1.54, 1.807) is 0 Å². The molecule has 1 aromatic rings. The van der Waals surface area contributed by atoms with Gasteiger partial charge in [0.05, 0.1) is 5.56 Å². The zero-order chi connectivity index (χ0) is 15.4. The van der Waals surface area contributed by atoms with Crippen molar-refractivity contribution in [1.82, 2.24) is 9.80 Å². The highest BCUT2D eigenvalue weighted by Crippen LogP contribution is 2.17. The fourth-order valence-corrected chi connectivity index (χ4v) is 2.44. The van der Waals surface area contributed by atoms with Gasteiger partial charge in [-0.3, -0.25) is 4.79 Å².